The van der Waals surface area contributed by atoms with Gasteiger partial charge in [-0.3, -0.25) is 4.79 Å². The molecule has 38 heavy (non-hydrogen) atoms. The van der Waals surface area contributed by atoms with Gasteiger partial charge in [0, 0.05) is 31.4 Å². The summed E-state index contributed by atoms with van der Waals surface area (Å²) in [6.07, 6.45) is 1.73. The number of ether oxygens (including phenoxy) is 2. The molecule has 0 unspecified atom stereocenters. The molecule has 1 atom stereocenters. The zero-order valence-corrected chi connectivity index (χ0v) is 22.0. The fourth-order valence-corrected chi connectivity index (χ4v) is 4.85. The largest absolute Gasteiger partial charge is 0.444 e. The Balaban J connectivity index is 1.50. The Morgan fingerprint density at radius 3 is 2.58 bits per heavy atom. The van der Waals surface area contributed by atoms with E-state index in [1.165, 1.54) is 17.0 Å². The highest BCUT2D eigenvalue weighted by Gasteiger charge is 2.31. The summed E-state index contributed by atoms with van der Waals surface area (Å²) in [7, 11) is 0. The molecule has 0 radical (unpaired) electrons. The minimum atomic E-state index is -0.826. The number of aromatic nitrogens is 3. The van der Waals surface area contributed by atoms with Crippen LogP contribution in [0.5, 0.6) is 0 Å². The highest BCUT2D eigenvalue weighted by molar-refractivity contribution is 5.95. The highest BCUT2D eigenvalue weighted by atomic mass is 19.1. The lowest BCUT2D eigenvalue weighted by Gasteiger charge is -2.34. The molecule has 2 fully saturated rings. The van der Waals surface area contributed by atoms with Crippen molar-refractivity contribution in [2.45, 2.75) is 58.8 Å². The van der Waals surface area contributed by atoms with Crippen LogP contribution in [-0.2, 0) is 20.8 Å². The summed E-state index contributed by atoms with van der Waals surface area (Å²) >= 11 is 0. The van der Waals surface area contributed by atoms with Crippen LogP contribution in [0.2, 0.25) is 0 Å². The van der Waals surface area contributed by atoms with Gasteiger partial charge in [-0.1, -0.05) is 0 Å². The first-order valence-corrected chi connectivity index (χ1v) is 12.7. The van der Waals surface area contributed by atoms with Crippen molar-refractivity contribution in [2.75, 3.05) is 31.1 Å². The van der Waals surface area contributed by atoms with E-state index >= 15 is 8.78 Å². The molecule has 0 bridgehead atoms. The maximum absolute atomic E-state index is 15.5. The number of morpholine rings is 1. The number of benzene rings is 1. The Morgan fingerprint density at radius 2 is 1.92 bits per heavy atom. The predicted octanol–water partition coefficient (Wildman–Crippen LogP) is 4.45. The van der Waals surface area contributed by atoms with Crippen LogP contribution >= 0.6 is 0 Å². The minimum absolute atomic E-state index is 0.0605. The molecule has 2 aromatic heterocycles. The van der Waals surface area contributed by atoms with Gasteiger partial charge >= 0.3 is 6.09 Å². The van der Waals surface area contributed by atoms with Crippen LogP contribution in [-0.4, -0.2) is 69.4 Å². The average molecular weight is 528 g/mol. The van der Waals surface area contributed by atoms with E-state index in [2.05, 4.69) is 9.97 Å². The highest BCUT2D eigenvalue weighted by Crippen LogP contribution is 2.33. The third-order valence-corrected chi connectivity index (χ3v) is 6.53. The summed E-state index contributed by atoms with van der Waals surface area (Å²) in [5.41, 5.74) is 1.02. The molecule has 3 aromatic rings. The summed E-state index contributed by atoms with van der Waals surface area (Å²) < 4.78 is 44.1. The fourth-order valence-electron chi connectivity index (χ4n) is 4.85. The van der Waals surface area contributed by atoms with Crippen molar-refractivity contribution in [2.24, 2.45) is 0 Å². The van der Waals surface area contributed by atoms with Gasteiger partial charge in [0.1, 0.15) is 28.6 Å². The standard InChI is InChI=1S/C27H31F2N5O4/c1-16-10-21-24(30-13-16)34(15-18-14-32(8-9-37-18)26(36)38-27(2,3)4)25(31-21)23-19(28)11-17(12-20(23)29)33-7-5-6-22(33)35/h10-13,18H,5-9,14-15H2,1-4H3/t18-/m1/s1. The number of rotatable bonds is 4. The van der Waals surface area contributed by atoms with Crippen molar-refractivity contribution < 1.29 is 27.8 Å². The van der Waals surface area contributed by atoms with Gasteiger partial charge in [0.15, 0.2) is 5.65 Å². The van der Waals surface area contributed by atoms with Crippen molar-refractivity contribution in [3.8, 4) is 11.4 Å². The molecule has 2 saturated heterocycles. The Bertz CT molecular complexity index is 1380. The van der Waals surface area contributed by atoms with Crippen LogP contribution in [0, 0.1) is 18.6 Å². The number of hydrogen-bond donors (Lipinski definition) is 0. The average Bonchev–Trinajstić information content (AvgIpc) is 3.41. The maximum atomic E-state index is 15.5. The number of carbonyl (C=O) groups excluding carboxylic acids is 2. The molecule has 0 N–H and O–H groups in total. The first kappa shape index (κ1) is 26.0. The van der Waals surface area contributed by atoms with Crippen molar-refractivity contribution in [1.82, 2.24) is 19.4 Å². The summed E-state index contributed by atoms with van der Waals surface area (Å²) in [4.78, 5) is 36.8. The number of halogens is 2. The number of nitrogens with zero attached hydrogens (tertiary/aromatic N) is 5. The van der Waals surface area contributed by atoms with Crippen LogP contribution in [0.25, 0.3) is 22.6 Å². The van der Waals surface area contributed by atoms with E-state index in [0.717, 1.165) is 5.56 Å². The topological polar surface area (TPSA) is 89.8 Å². The molecule has 202 valence electrons. The van der Waals surface area contributed by atoms with Crippen molar-refractivity contribution >= 4 is 28.9 Å². The third-order valence-electron chi connectivity index (χ3n) is 6.53. The van der Waals surface area contributed by atoms with E-state index < -0.39 is 29.4 Å². The zero-order chi connectivity index (χ0) is 27.2. The lowest BCUT2D eigenvalue weighted by molar-refractivity contribution is -0.117. The van der Waals surface area contributed by atoms with Crippen molar-refractivity contribution in [3.05, 3.63) is 41.6 Å². The molecule has 2 aliphatic heterocycles. The molecule has 4 heterocycles. The van der Waals surface area contributed by atoms with Gasteiger partial charge in [-0.25, -0.2) is 23.5 Å². The summed E-state index contributed by atoms with van der Waals surface area (Å²) in [6.45, 7) is 8.74. The number of amides is 2. The molecule has 5 rings (SSSR count). The van der Waals surface area contributed by atoms with Crippen LogP contribution < -0.4 is 4.90 Å². The van der Waals surface area contributed by atoms with Gasteiger partial charge < -0.3 is 23.8 Å². The number of hydrogen-bond acceptors (Lipinski definition) is 6. The van der Waals surface area contributed by atoms with Gasteiger partial charge in [-0.15, -0.1) is 0 Å². The molecule has 1 aromatic carbocycles. The molecule has 9 nitrogen and oxygen atoms in total. The lowest BCUT2D eigenvalue weighted by atomic mass is 10.1. The van der Waals surface area contributed by atoms with E-state index in [9.17, 15) is 9.59 Å². The molecule has 2 aliphatic rings. The fraction of sp³-hybridized carbons (Fsp3) is 0.481. The Kier molecular flexibility index (Phi) is 6.81. The van der Waals surface area contributed by atoms with Crippen molar-refractivity contribution in [3.63, 3.8) is 0 Å². The quantitative estimate of drug-likeness (QED) is 0.498. The molecule has 0 saturated carbocycles. The number of anilines is 1. The lowest BCUT2D eigenvalue weighted by Crippen LogP contribution is -2.48. The second-order valence-corrected chi connectivity index (χ2v) is 10.8. The smallest absolute Gasteiger partial charge is 0.410 e. The van der Waals surface area contributed by atoms with Crippen molar-refractivity contribution in [1.29, 1.82) is 0 Å². The van der Waals surface area contributed by atoms with Crippen LogP contribution in [0.3, 0.4) is 0 Å². The molecule has 11 heteroatoms. The van der Waals surface area contributed by atoms with Crippen LogP contribution in [0.1, 0.15) is 39.2 Å². The molecule has 2 amide bonds. The van der Waals surface area contributed by atoms with E-state index in [1.807, 2.05) is 6.92 Å². The van der Waals surface area contributed by atoms with E-state index in [1.54, 1.807) is 42.5 Å². The SMILES string of the molecule is Cc1cnc2c(c1)nc(-c1c(F)cc(N3CCCC3=O)cc1F)n2C[C@H]1CN(C(=O)OC(C)(C)C)CCO1. The third kappa shape index (κ3) is 5.20. The number of aryl methyl sites for hydroxylation is 1. The Hall–Kier alpha value is -3.60. The number of pyridine rings is 1. The van der Waals surface area contributed by atoms with Crippen LogP contribution in [0.4, 0.5) is 19.3 Å². The van der Waals surface area contributed by atoms with Gasteiger partial charge in [-0.05, 0) is 57.9 Å². The maximum Gasteiger partial charge on any atom is 0.410 e. The van der Waals surface area contributed by atoms with Gasteiger partial charge in [-0.2, -0.15) is 0 Å². The first-order chi connectivity index (χ1) is 18.0. The zero-order valence-electron chi connectivity index (χ0n) is 22.0. The van der Waals surface area contributed by atoms with E-state index in [0.29, 0.717) is 43.7 Å². The minimum Gasteiger partial charge on any atom is -0.444 e. The molecular formula is C27H31F2N5O4. The number of imidazole rings is 1. The number of fused-ring (bicyclic) bond motifs is 1. The van der Waals surface area contributed by atoms with Gasteiger partial charge in [0.25, 0.3) is 0 Å². The normalized spacial score (nSPS) is 18.5. The summed E-state index contributed by atoms with van der Waals surface area (Å²) in [5, 5.41) is 0. The van der Waals surface area contributed by atoms with E-state index in [4.69, 9.17) is 9.47 Å². The van der Waals surface area contributed by atoms with Gasteiger partial charge in [0.05, 0.1) is 31.4 Å². The van der Waals surface area contributed by atoms with Crippen LogP contribution in [0.15, 0.2) is 24.4 Å². The second-order valence-electron chi connectivity index (χ2n) is 10.8. The predicted molar refractivity (Wildman–Crippen MR) is 137 cm³/mol. The summed E-state index contributed by atoms with van der Waals surface area (Å²) in [5.74, 6) is -1.75. The Labute approximate surface area is 219 Å². The number of carbonyl (C=O) groups is 2. The molecule has 0 aliphatic carbocycles. The second kappa shape index (κ2) is 9.94. The molecular weight excluding hydrogens is 496 g/mol. The Morgan fingerprint density at radius 1 is 1.18 bits per heavy atom. The monoisotopic (exact) mass is 527 g/mol. The summed E-state index contributed by atoms with van der Waals surface area (Å²) in [6, 6.07) is 4.14. The molecule has 0 spiro atoms. The first-order valence-electron chi connectivity index (χ1n) is 12.7. The van der Waals surface area contributed by atoms with E-state index in [-0.39, 0.29) is 36.1 Å². The van der Waals surface area contributed by atoms with Gasteiger partial charge in [0.2, 0.25) is 5.91 Å².